The van der Waals surface area contributed by atoms with Crippen LogP contribution in [0.3, 0.4) is 0 Å². The van der Waals surface area contributed by atoms with Crippen molar-refractivity contribution in [3.05, 3.63) is 36.0 Å². The SMILES string of the molecule is COc1cccc(NC(=O)NCc2cnn(C)c2N)c1. The van der Waals surface area contributed by atoms with Gasteiger partial charge in [0.1, 0.15) is 11.6 Å². The van der Waals surface area contributed by atoms with Crippen LogP contribution in [0, 0.1) is 0 Å². The number of urea groups is 1. The van der Waals surface area contributed by atoms with Crippen LogP contribution in [0.2, 0.25) is 0 Å². The molecule has 0 saturated carbocycles. The molecule has 0 spiro atoms. The number of carbonyl (C=O) groups excluding carboxylic acids is 1. The second-order valence-corrected chi connectivity index (χ2v) is 4.22. The summed E-state index contributed by atoms with van der Waals surface area (Å²) < 4.78 is 6.64. The highest BCUT2D eigenvalue weighted by Crippen LogP contribution is 2.16. The molecule has 0 aliphatic heterocycles. The van der Waals surface area contributed by atoms with Crippen molar-refractivity contribution in [1.29, 1.82) is 0 Å². The number of nitrogens with two attached hydrogens (primary N) is 1. The van der Waals surface area contributed by atoms with Crippen molar-refractivity contribution < 1.29 is 9.53 Å². The van der Waals surface area contributed by atoms with Gasteiger partial charge < -0.3 is 21.1 Å². The molecule has 0 saturated heterocycles. The molecule has 2 amide bonds. The Kier molecular flexibility index (Phi) is 4.09. The maximum Gasteiger partial charge on any atom is 0.319 e. The van der Waals surface area contributed by atoms with E-state index in [4.69, 9.17) is 10.5 Å². The largest absolute Gasteiger partial charge is 0.497 e. The normalized spacial score (nSPS) is 10.1. The van der Waals surface area contributed by atoms with Crippen LogP contribution in [0.5, 0.6) is 5.75 Å². The second-order valence-electron chi connectivity index (χ2n) is 4.22. The number of nitrogens with zero attached hydrogens (tertiary/aromatic N) is 2. The van der Waals surface area contributed by atoms with E-state index in [1.54, 1.807) is 49.3 Å². The molecule has 0 unspecified atom stereocenters. The number of hydrogen-bond acceptors (Lipinski definition) is 4. The van der Waals surface area contributed by atoms with E-state index < -0.39 is 0 Å². The minimum absolute atomic E-state index is 0.315. The zero-order chi connectivity index (χ0) is 14.5. The quantitative estimate of drug-likeness (QED) is 0.784. The summed E-state index contributed by atoms with van der Waals surface area (Å²) in [6, 6.07) is 6.80. The van der Waals surface area contributed by atoms with E-state index in [1.807, 2.05) is 0 Å². The molecule has 4 N–H and O–H groups in total. The van der Waals surface area contributed by atoms with Crippen LogP contribution in [-0.2, 0) is 13.6 Å². The molecule has 0 aliphatic carbocycles. The van der Waals surface area contributed by atoms with E-state index in [0.717, 1.165) is 5.56 Å². The van der Waals surface area contributed by atoms with Gasteiger partial charge in [-0.1, -0.05) is 6.07 Å². The summed E-state index contributed by atoms with van der Waals surface area (Å²) >= 11 is 0. The van der Waals surface area contributed by atoms with Crippen molar-refractivity contribution in [2.45, 2.75) is 6.54 Å². The number of hydrogen-bond donors (Lipinski definition) is 3. The number of ether oxygens (including phenoxy) is 1. The zero-order valence-electron chi connectivity index (χ0n) is 11.4. The van der Waals surface area contributed by atoms with Gasteiger partial charge in [-0.05, 0) is 12.1 Å². The Bertz CT molecular complexity index is 609. The molecular formula is C13H17N5O2. The first kappa shape index (κ1) is 13.7. The number of nitrogen functional groups attached to an aromatic ring is 1. The van der Waals surface area contributed by atoms with Gasteiger partial charge in [0.15, 0.2) is 0 Å². The number of aryl methyl sites for hydroxylation is 1. The molecular weight excluding hydrogens is 258 g/mol. The molecule has 106 valence electrons. The molecule has 0 radical (unpaired) electrons. The molecule has 1 aromatic heterocycles. The number of amides is 2. The number of benzene rings is 1. The summed E-state index contributed by atoms with van der Waals surface area (Å²) in [5, 5.41) is 9.43. The third kappa shape index (κ3) is 3.19. The van der Waals surface area contributed by atoms with Crippen LogP contribution in [0.1, 0.15) is 5.56 Å². The fourth-order valence-electron chi connectivity index (χ4n) is 1.68. The van der Waals surface area contributed by atoms with Gasteiger partial charge in [0.05, 0.1) is 13.3 Å². The van der Waals surface area contributed by atoms with Gasteiger partial charge in [-0.3, -0.25) is 4.68 Å². The lowest BCUT2D eigenvalue weighted by molar-refractivity contribution is 0.252. The van der Waals surface area contributed by atoms with Crippen LogP contribution < -0.4 is 21.1 Å². The summed E-state index contributed by atoms with van der Waals surface area (Å²) in [7, 11) is 3.32. The van der Waals surface area contributed by atoms with Crippen molar-refractivity contribution in [3.63, 3.8) is 0 Å². The number of nitrogens with one attached hydrogen (secondary N) is 2. The first-order valence-corrected chi connectivity index (χ1v) is 6.05. The maximum atomic E-state index is 11.8. The monoisotopic (exact) mass is 275 g/mol. The van der Waals surface area contributed by atoms with Gasteiger partial charge in [-0.2, -0.15) is 5.10 Å². The van der Waals surface area contributed by atoms with E-state index in [1.165, 1.54) is 0 Å². The Hall–Kier alpha value is -2.70. The summed E-state index contributed by atoms with van der Waals surface area (Å²) in [6.07, 6.45) is 1.63. The second kappa shape index (κ2) is 5.96. The van der Waals surface area contributed by atoms with Crippen LogP contribution in [0.25, 0.3) is 0 Å². The summed E-state index contributed by atoms with van der Waals surface area (Å²) in [5.74, 6) is 1.21. The van der Waals surface area contributed by atoms with E-state index >= 15 is 0 Å². The van der Waals surface area contributed by atoms with Gasteiger partial charge >= 0.3 is 6.03 Å². The number of anilines is 2. The first-order chi connectivity index (χ1) is 9.60. The Morgan fingerprint density at radius 3 is 2.95 bits per heavy atom. The predicted octanol–water partition coefficient (Wildman–Crippen LogP) is 1.33. The number of methoxy groups -OCH3 is 1. The van der Waals surface area contributed by atoms with E-state index in [9.17, 15) is 4.79 Å². The fraction of sp³-hybridized carbons (Fsp3) is 0.231. The van der Waals surface area contributed by atoms with Crippen LogP contribution in [0.15, 0.2) is 30.5 Å². The molecule has 0 atom stereocenters. The third-order valence-electron chi connectivity index (χ3n) is 2.83. The van der Waals surface area contributed by atoms with E-state index in [-0.39, 0.29) is 6.03 Å². The molecule has 20 heavy (non-hydrogen) atoms. The molecule has 2 rings (SSSR count). The van der Waals surface area contributed by atoms with E-state index in [2.05, 4.69) is 15.7 Å². The third-order valence-corrected chi connectivity index (χ3v) is 2.83. The highest BCUT2D eigenvalue weighted by molar-refractivity contribution is 5.89. The molecule has 0 bridgehead atoms. The van der Waals surface area contributed by atoms with Gasteiger partial charge in [0.25, 0.3) is 0 Å². The highest BCUT2D eigenvalue weighted by atomic mass is 16.5. The summed E-state index contributed by atoms with van der Waals surface area (Å²) in [5.41, 5.74) is 7.22. The van der Waals surface area contributed by atoms with Crippen LogP contribution in [0.4, 0.5) is 16.3 Å². The smallest absolute Gasteiger partial charge is 0.319 e. The lowest BCUT2D eigenvalue weighted by Gasteiger charge is -2.08. The summed E-state index contributed by atoms with van der Waals surface area (Å²) in [6.45, 7) is 0.315. The average Bonchev–Trinajstić information content (AvgIpc) is 2.77. The number of rotatable bonds is 4. The highest BCUT2D eigenvalue weighted by Gasteiger charge is 2.07. The van der Waals surface area contributed by atoms with Crippen molar-refractivity contribution >= 4 is 17.5 Å². The topological polar surface area (TPSA) is 94.2 Å². The van der Waals surface area contributed by atoms with E-state index in [0.29, 0.717) is 23.8 Å². The molecule has 0 aliphatic rings. The van der Waals surface area contributed by atoms with Crippen molar-refractivity contribution in [1.82, 2.24) is 15.1 Å². The molecule has 2 aromatic rings. The van der Waals surface area contributed by atoms with Gasteiger partial charge in [0, 0.05) is 30.9 Å². The van der Waals surface area contributed by atoms with Gasteiger partial charge in [0.2, 0.25) is 0 Å². The lowest BCUT2D eigenvalue weighted by Crippen LogP contribution is -2.28. The minimum atomic E-state index is -0.318. The molecule has 7 nitrogen and oxygen atoms in total. The van der Waals surface area contributed by atoms with Crippen molar-refractivity contribution in [2.24, 2.45) is 7.05 Å². The predicted molar refractivity (Wildman–Crippen MR) is 76.5 cm³/mol. The van der Waals surface area contributed by atoms with Crippen LogP contribution >= 0.6 is 0 Å². The molecule has 1 aromatic carbocycles. The van der Waals surface area contributed by atoms with Crippen LogP contribution in [-0.4, -0.2) is 22.9 Å². The van der Waals surface area contributed by atoms with Crippen molar-refractivity contribution in [2.75, 3.05) is 18.2 Å². The Morgan fingerprint density at radius 2 is 2.30 bits per heavy atom. The standard InChI is InChI=1S/C13H17N5O2/c1-18-12(14)9(8-16-18)7-15-13(19)17-10-4-3-5-11(6-10)20-2/h3-6,8H,7,14H2,1-2H3,(H2,15,17,19). The lowest BCUT2D eigenvalue weighted by atomic mass is 10.3. The fourth-order valence-corrected chi connectivity index (χ4v) is 1.68. The molecule has 0 fully saturated rings. The van der Waals surface area contributed by atoms with Gasteiger partial charge in [-0.25, -0.2) is 4.79 Å². The maximum absolute atomic E-state index is 11.8. The number of aromatic nitrogens is 2. The number of carbonyl (C=O) groups is 1. The molecule has 1 heterocycles. The Balaban J connectivity index is 1.90. The Labute approximate surface area is 116 Å². The van der Waals surface area contributed by atoms with Gasteiger partial charge in [-0.15, -0.1) is 0 Å². The van der Waals surface area contributed by atoms with Crippen molar-refractivity contribution in [3.8, 4) is 5.75 Å². The Morgan fingerprint density at radius 1 is 1.50 bits per heavy atom. The average molecular weight is 275 g/mol. The minimum Gasteiger partial charge on any atom is -0.497 e. The summed E-state index contributed by atoms with van der Waals surface area (Å²) in [4.78, 5) is 11.8. The molecule has 7 heteroatoms. The first-order valence-electron chi connectivity index (χ1n) is 6.05. The zero-order valence-corrected chi connectivity index (χ0v) is 11.4.